The third kappa shape index (κ3) is 2.80. The first-order valence-electron chi connectivity index (χ1n) is 4.83. The highest BCUT2D eigenvalue weighted by Crippen LogP contribution is 2.04. The highest BCUT2D eigenvalue weighted by Gasteiger charge is 2.09. The highest BCUT2D eigenvalue weighted by atomic mass is 79.9. The normalized spacial score (nSPS) is 9.46. The number of halogens is 1. The van der Waals surface area contributed by atoms with Gasteiger partial charge >= 0.3 is 0 Å². The molecule has 0 N–H and O–H groups in total. The molecular weight excluding hydrogens is 226 g/mol. The zero-order valence-corrected chi connectivity index (χ0v) is 10.3. The van der Waals surface area contributed by atoms with E-state index in [-0.39, 0.29) is 17.0 Å². The van der Waals surface area contributed by atoms with Crippen molar-refractivity contribution in [3.05, 3.63) is 29.6 Å². The predicted molar refractivity (Wildman–Crippen MR) is 51.1 cm³/mol. The summed E-state index contributed by atoms with van der Waals surface area (Å²) in [5, 5.41) is 0. The number of aryl methyl sites for hydroxylation is 2. The maximum absolute atomic E-state index is 2.33. The van der Waals surface area contributed by atoms with Gasteiger partial charge in [-0.15, -0.1) is 0 Å². The molecule has 74 valence electrons. The van der Waals surface area contributed by atoms with E-state index in [0.29, 0.717) is 0 Å². The maximum atomic E-state index is 2.33. The van der Waals surface area contributed by atoms with Crippen molar-refractivity contribution >= 4 is 0 Å². The summed E-state index contributed by atoms with van der Waals surface area (Å²) in [6, 6.07) is 4.37. The van der Waals surface area contributed by atoms with Gasteiger partial charge in [-0.1, -0.05) is 13.8 Å². The predicted octanol–water partition coefficient (Wildman–Crippen LogP) is -0.877. The Morgan fingerprint density at radius 2 is 1.85 bits per heavy atom. The molecular formula is C11H18BrN. The number of rotatable bonds is 3. The van der Waals surface area contributed by atoms with E-state index in [1.54, 1.807) is 0 Å². The first-order valence-corrected chi connectivity index (χ1v) is 4.83. The molecule has 0 unspecified atom stereocenters. The monoisotopic (exact) mass is 243 g/mol. The largest absolute Gasteiger partial charge is 1.00 e. The van der Waals surface area contributed by atoms with E-state index in [0.717, 1.165) is 19.4 Å². The van der Waals surface area contributed by atoms with Gasteiger partial charge in [-0.05, 0) is 19.4 Å². The van der Waals surface area contributed by atoms with Gasteiger partial charge in [0, 0.05) is 18.1 Å². The molecule has 1 rings (SSSR count). The fourth-order valence-electron chi connectivity index (χ4n) is 1.68. The molecule has 0 saturated heterocycles. The SMILES string of the molecule is CCc1ccc[n+](CC)c1CC.[Br-]. The molecule has 0 aliphatic heterocycles. The van der Waals surface area contributed by atoms with E-state index >= 15 is 0 Å². The molecule has 13 heavy (non-hydrogen) atoms. The second-order valence-corrected chi connectivity index (χ2v) is 2.97. The minimum atomic E-state index is 0. The third-order valence-electron chi connectivity index (χ3n) is 2.34. The zero-order valence-electron chi connectivity index (χ0n) is 8.68. The third-order valence-corrected chi connectivity index (χ3v) is 2.34. The quantitative estimate of drug-likeness (QED) is 0.608. The molecule has 1 nitrogen and oxygen atoms in total. The van der Waals surface area contributed by atoms with Gasteiger partial charge in [-0.2, -0.15) is 0 Å². The average molecular weight is 244 g/mol. The Labute approximate surface area is 91.6 Å². The molecule has 0 spiro atoms. The smallest absolute Gasteiger partial charge is 0.184 e. The minimum absolute atomic E-state index is 0. The standard InChI is InChI=1S/C11H18N.BrH/c1-4-10-8-7-9-12(6-3)11(10)5-2;/h7-9H,4-6H2,1-3H3;1H/q+1;/p-1. The molecule has 0 aliphatic rings. The molecule has 0 atom stereocenters. The Hall–Kier alpha value is -0.370. The molecule has 1 aromatic heterocycles. The molecule has 1 aromatic rings. The van der Waals surface area contributed by atoms with Gasteiger partial charge < -0.3 is 17.0 Å². The Kier molecular flexibility index (Phi) is 5.97. The van der Waals surface area contributed by atoms with Gasteiger partial charge in [0.25, 0.3) is 0 Å². The molecule has 1 heterocycles. The van der Waals surface area contributed by atoms with Crippen molar-refractivity contribution in [3.63, 3.8) is 0 Å². The van der Waals surface area contributed by atoms with Gasteiger partial charge in [0.15, 0.2) is 11.9 Å². The van der Waals surface area contributed by atoms with Crippen LogP contribution in [0.25, 0.3) is 0 Å². The van der Waals surface area contributed by atoms with Gasteiger partial charge in [0.05, 0.1) is 0 Å². The number of aromatic nitrogens is 1. The number of nitrogens with zero attached hydrogens (tertiary/aromatic N) is 1. The van der Waals surface area contributed by atoms with Crippen LogP contribution in [0.15, 0.2) is 18.3 Å². The summed E-state index contributed by atoms with van der Waals surface area (Å²) >= 11 is 0. The fourth-order valence-corrected chi connectivity index (χ4v) is 1.68. The van der Waals surface area contributed by atoms with Crippen LogP contribution < -0.4 is 21.5 Å². The molecule has 0 amide bonds. The molecule has 0 radical (unpaired) electrons. The van der Waals surface area contributed by atoms with Crippen LogP contribution >= 0.6 is 0 Å². The van der Waals surface area contributed by atoms with Gasteiger partial charge in [-0.25, -0.2) is 4.57 Å². The van der Waals surface area contributed by atoms with E-state index in [4.69, 9.17) is 0 Å². The summed E-state index contributed by atoms with van der Waals surface area (Å²) < 4.78 is 2.33. The fraction of sp³-hybridized carbons (Fsp3) is 0.545. The first-order chi connectivity index (χ1) is 5.83. The van der Waals surface area contributed by atoms with Crippen LogP contribution in [-0.4, -0.2) is 0 Å². The lowest BCUT2D eigenvalue weighted by Crippen LogP contribution is -3.00. The van der Waals surface area contributed by atoms with E-state index in [9.17, 15) is 0 Å². The van der Waals surface area contributed by atoms with E-state index in [2.05, 4.69) is 43.7 Å². The van der Waals surface area contributed by atoms with Crippen molar-refractivity contribution in [3.8, 4) is 0 Å². The van der Waals surface area contributed by atoms with Gasteiger partial charge in [0.2, 0.25) is 0 Å². The van der Waals surface area contributed by atoms with Crippen molar-refractivity contribution in [2.24, 2.45) is 0 Å². The highest BCUT2D eigenvalue weighted by molar-refractivity contribution is 5.15. The van der Waals surface area contributed by atoms with Crippen LogP contribution in [0, 0.1) is 0 Å². The van der Waals surface area contributed by atoms with Crippen molar-refractivity contribution in [1.82, 2.24) is 0 Å². The lowest BCUT2D eigenvalue weighted by Gasteiger charge is -2.03. The minimum Gasteiger partial charge on any atom is -1.00 e. The van der Waals surface area contributed by atoms with Crippen LogP contribution in [0.2, 0.25) is 0 Å². The van der Waals surface area contributed by atoms with Crippen LogP contribution in [0.3, 0.4) is 0 Å². The molecule has 0 aromatic carbocycles. The summed E-state index contributed by atoms with van der Waals surface area (Å²) in [7, 11) is 0. The molecule has 0 bridgehead atoms. The summed E-state index contributed by atoms with van der Waals surface area (Å²) in [5.41, 5.74) is 2.98. The second kappa shape index (κ2) is 6.14. The Morgan fingerprint density at radius 3 is 2.31 bits per heavy atom. The maximum Gasteiger partial charge on any atom is 0.184 e. The number of hydrogen-bond donors (Lipinski definition) is 0. The van der Waals surface area contributed by atoms with Crippen molar-refractivity contribution < 1.29 is 21.5 Å². The van der Waals surface area contributed by atoms with Crippen LogP contribution in [0.1, 0.15) is 32.0 Å². The van der Waals surface area contributed by atoms with Gasteiger partial charge in [0.1, 0.15) is 6.54 Å². The summed E-state index contributed by atoms with van der Waals surface area (Å²) in [5.74, 6) is 0. The summed E-state index contributed by atoms with van der Waals surface area (Å²) in [6.07, 6.45) is 4.44. The lowest BCUT2D eigenvalue weighted by molar-refractivity contribution is -0.701. The summed E-state index contributed by atoms with van der Waals surface area (Å²) in [4.78, 5) is 0. The van der Waals surface area contributed by atoms with E-state index in [1.165, 1.54) is 11.3 Å². The molecule has 0 saturated carbocycles. The molecule has 2 heteroatoms. The second-order valence-electron chi connectivity index (χ2n) is 2.97. The number of hydrogen-bond acceptors (Lipinski definition) is 0. The van der Waals surface area contributed by atoms with Crippen LogP contribution in [-0.2, 0) is 19.4 Å². The number of pyridine rings is 1. The average Bonchev–Trinajstić information content (AvgIpc) is 2.16. The van der Waals surface area contributed by atoms with E-state index in [1.807, 2.05) is 0 Å². The Morgan fingerprint density at radius 1 is 1.15 bits per heavy atom. The lowest BCUT2D eigenvalue weighted by atomic mass is 10.1. The first kappa shape index (κ1) is 12.6. The molecule has 0 aliphatic carbocycles. The topological polar surface area (TPSA) is 3.88 Å². The Bertz CT molecular complexity index is 236. The van der Waals surface area contributed by atoms with Crippen molar-refractivity contribution in [2.75, 3.05) is 0 Å². The van der Waals surface area contributed by atoms with Crippen LogP contribution in [0.5, 0.6) is 0 Å². The zero-order chi connectivity index (χ0) is 8.97. The Balaban J connectivity index is 0.00000144. The van der Waals surface area contributed by atoms with Crippen molar-refractivity contribution in [1.29, 1.82) is 0 Å². The van der Waals surface area contributed by atoms with Gasteiger partial charge in [-0.3, -0.25) is 0 Å². The van der Waals surface area contributed by atoms with Crippen molar-refractivity contribution in [2.45, 2.75) is 40.2 Å². The van der Waals surface area contributed by atoms with Crippen LogP contribution in [0.4, 0.5) is 0 Å². The van der Waals surface area contributed by atoms with E-state index < -0.39 is 0 Å². The summed E-state index contributed by atoms with van der Waals surface area (Å²) in [6.45, 7) is 7.71. The molecule has 0 fully saturated rings.